The Kier molecular flexibility index (Phi) is 2.85. The zero-order chi connectivity index (χ0) is 9.97. The standard InChI is InChI=1S/C8H9N3OS2/c1-5-4-13-8(10-5)2-6(12)7-3-9-11-14-7/h3-4,6,12H,2H2,1H3. The number of aryl methyl sites for hydroxylation is 1. The molecule has 2 heterocycles. The third-order valence-electron chi connectivity index (χ3n) is 1.74. The summed E-state index contributed by atoms with van der Waals surface area (Å²) >= 11 is 2.79. The first-order chi connectivity index (χ1) is 6.75. The molecule has 1 unspecified atom stereocenters. The maximum Gasteiger partial charge on any atom is 0.0977 e. The smallest absolute Gasteiger partial charge is 0.0977 e. The summed E-state index contributed by atoms with van der Waals surface area (Å²) in [4.78, 5) is 5.07. The fourth-order valence-corrected chi connectivity index (χ4v) is 2.38. The van der Waals surface area contributed by atoms with Crippen LogP contribution in [0.15, 0.2) is 11.6 Å². The topological polar surface area (TPSA) is 58.9 Å². The van der Waals surface area contributed by atoms with Crippen LogP contribution in [0.25, 0.3) is 0 Å². The normalized spacial score (nSPS) is 13.0. The van der Waals surface area contributed by atoms with Crippen molar-refractivity contribution >= 4 is 22.9 Å². The molecule has 74 valence electrons. The van der Waals surface area contributed by atoms with Crippen LogP contribution in [0.2, 0.25) is 0 Å². The monoisotopic (exact) mass is 227 g/mol. The van der Waals surface area contributed by atoms with E-state index in [-0.39, 0.29) is 0 Å². The van der Waals surface area contributed by atoms with Gasteiger partial charge >= 0.3 is 0 Å². The lowest BCUT2D eigenvalue weighted by Crippen LogP contribution is -1.99. The van der Waals surface area contributed by atoms with Gasteiger partial charge in [-0.3, -0.25) is 0 Å². The quantitative estimate of drug-likeness (QED) is 0.865. The molecule has 0 aliphatic rings. The molecule has 0 saturated carbocycles. The van der Waals surface area contributed by atoms with Crippen molar-refractivity contribution in [1.29, 1.82) is 0 Å². The van der Waals surface area contributed by atoms with Crippen molar-refractivity contribution in [2.75, 3.05) is 0 Å². The third kappa shape index (κ3) is 2.14. The summed E-state index contributed by atoms with van der Waals surface area (Å²) < 4.78 is 3.70. The van der Waals surface area contributed by atoms with Crippen LogP contribution in [0.5, 0.6) is 0 Å². The number of hydrogen-bond acceptors (Lipinski definition) is 6. The Balaban J connectivity index is 2.05. The SMILES string of the molecule is Cc1csc(CC(O)c2cnns2)n1. The molecule has 2 aromatic heterocycles. The van der Waals surface area contributed by atoms with Gasteiger partial charge in [-0.1, -0.05) is 4.49 Å². The predicted octanol–water partition coefficient (Wildman–Crippen LogP) is 1.58. The predicted molar refractivity (Wildman–Crippen MR) is 55.4 cm³/mol. The van der Waals surface area contributed by atoms with E-state index < -0.39 is 6.10 Å². The summed E-state index contributed by atoms with van der Waals surface area (Å²) in [5, 5.41) is 16.4. The Labute approximate surface area is 89.4 Å². The highest BCUT2D eigenvalue weighted by Gasteiger charge is 2.12. The van der Waals surface area contributed by atoms with Crippen LogP contribution in [0.4, 0.5) is 0 Å². The maximum absolute atomic E-state index is 9.77. The summed E-state index contributed by atoms with van der Waals surface area (Å²) in [5.74, 6) is 0. The van der Waals surface area contributed by atoms with Gasteiger partial charge in [0, 0.05) is 17.5 Å². The number of rotatable bonds is 3. The molecule has 0 saturated heterocycles. The van der Waals surface area contributed by atoms with E-state index in [0.29, 0.717) is 6.42 Å². The lowest BCUT2D eigenvalue weighted by molar-refractivity contribution is 0.182. The molecule has 6 heteroatoms. The highest BCUT2D eigenvalue weighted by Crippen LogP contribution is 2.21. The van der Waals surface area contributed by atoms with E-state index in [2.05, 4.69) is 14.6 Å². The van der Waals surface area contributed by atoms with E-state index >= 15 is 0 Å². The number of aliphatic hydroxyl groups excluding tert-OH is 1. The molecule has 4 nitrogen and oxygen atoms in total. The molecule has 0 fully saturated rings. The van der Waals surface area contributed by atoms with E-state index in [1.165, 1.54) is 11.5 Å². The molecule has 1 N–H and O–H groups in total. The highest BCUT2D eigenvalue weighted by molar-refractivity contribution is 7.09. The molecular formula is C8H9N3OS2. The largest absolute Gasteiger partial charge is 0.387 e. The van der Waals surface area contributed by atoms with Gasteiger partial charge in [0.15, 0.2) is 0 Å². The van der Waals surface area contributed by atoms with Crippen molar-refractivity contribution in [3.63, 3.8) is 0 Å². The first-order valence-corrected chi connectivity index (χ1v) is 5.77. The van der Waals surface area contributed by atoms with Crippen LogP contribution in [0.1, 0.15) is 21.7 Å². The second-order valence-corrected chi connectivity index (χ2v) is 4.68. The van der Waals surface area contributed by atoms with Crippen molar-refractivity contribution in [3.05, 3.63) is 27.2 Å². The van der Waals surface area contributed by atoms with Gasteiger partial charge in [-0.2, -0.15) is 0 Å². The Morgan fingerprint density at radius 2 is 2.43 bits per heavy atom. The number of aliphatic hydroxyl groups is 1. The minimum atomic E-state index is -0.527. The lowest BCUT2D eigenvalue weighted by Gasteiger charge is -2.03. The average Bonchev–Trinajstić information content (AvgIpc) is 2.75. The highest BCUT2D eigenvalue weighted by atomic mass is 32.1. The number of hydrogen-bond donors (Lipinski definition) is 1. The van der Waals surface area contributed by atoms with E-state index in [4.69, 9.17) is 0 Å². The van der Waals surface area contributed by atoms with Gasteiger partial charge < -0.3 is 5.11 Å². The van der Waals surface area contributed by atoms with Crippen LogP contribution in [-0.4, -0.2) is 19.7 Å². The fourth-order valence-electron chi connectivity index (χ4n) is 1.08. The summed E-state index contributed by atoms with van der Waals surface area (Å²) in [7, 11) is 0. The van der Waals surface area contributed by atoms with Crippen molar-refractivity contribution in [3.8, 4) is 0 Å². The number of aromatic nitrogens is 3. The molecule has 1 atom stereocenters. The number of nitrogens with zero attached hydrogens (tertiary/aromatic N) is 3. The molecule has 0 radical (unpaired) electrons. The van der Waals surface area contributed by atoms with Gasteiger partial charge in [-0.25, -0.2) is 4.98 Å². The van der Waals surface area contributed by atoms with Crippen molar-refractivity contribution in [2.24, 2.45) is 0 Å². The molecule has 0 aliphatic heterocycles. The Hall–Kier alpha value is -0.850. The van der Waals surface area contributed by atoms with Crippen LogP contribution in [0.3, 0.4) is 0 Å². The van der Waals surface area contributed by atoms with Crippen molar-refractivity contribution < 1.29 is 5.11 Å². The van der Waals surface area contributed by atoms with E-state index in [9.17, 15) is 5.11 Å². The zero-order valence-corrected chi connectivity index (χ0v) is 9.18. The minimum Gasteiger partial charge on any atom is -0.387 e. The van der Waals surface area contributed by atoms with E-state index in [0.717, 1.165) is 15.6 Å². The zero-order valence-electron chi connectivity index (χ0n) is 7.54. The molecule has 0 amide bonds. The minimum absolute atomic E-state index is 0.527. The molecule has 0 bridgehead atoms. The van der Waals surface area contributed by atoms with E-state index in [1.54, 1.807) is 17.5 Å². The Bertz CT molecular complexity index is 398. The molecule has 14 heavy (non-hydrogen) atoms. The van der Waals surface area contributed by atoms with E-state index in [1.807, 2.05) is 12.3 Å². The van der Waals surface area contributed by atoms with Crippen LogP contribution >= 0.6 is 22.9 Å². The molecule has 2 rings (SSSR count). The van der Waals surface area contributed by atoms with Gasteiger partial charge in [0.25, 0.3) is 0 Å². The molecule has 0 aromatic carbocycles. The molecular weight excluding hydrogens is 218 g/mol. The maximum atomic E-state index is 9.77. The third-order valence-corrected chi connectivity index (χ3v) is 3.49. The first-order valence-electron chi connectivity index (χ1n) is 4.12. The van der Waals surface area contributed by atoms with Gasteiger partial charge in [-0.05, 0) is 18.5 Å². The Morgan fingerprint density at radius 3 is 3.00 bits per heavy atom. The average molecular weight is 227 g/mol. The molecule has 2 aromatic rings. The van der Waals surface area contributed by atoms with Crippen molar-refractivity contribution in [2.45, 2.75) is 19.4 Å². The summed E-state index contributed by atoms with van der Waals surface area (Å²) in [6, 6.07) is 0. The number of thiazole rings is 1. The van der Waals surface area contributed by atoms with Crippen LogP contribution < -0.4 is 0 Å². The second kappa shape index (κ2) is 4.12. The summed E-state index contributed by atoms with van der Waals surface area (Å²) in [5.41, 5.74) is 1.000. The van der Waals surface area contributed by atoms with Gasteiger partial charge in [0.1, 0.15) is 0 Å². The second-order valence-electron chi connectivity index (χ2n) is 2.92. The molecule has 0 aliphatic carbocycles. The molecule has 0 spiro atoms. The Morgan fingerprint density at radius 1 is 1.57 bits per heavy atom. The summed E-state index contributed by atoms with van der Waals surface area (Å²) in [6.45, 7) is 1.95. The van der Waals surface area contributed by atoms with Crippen LogP contribution in [0, 0.1) is 6.92 Å². The summed E-state index contributed by atoms with van der Waals surface area (Å²) in [6.07, 6.45) is 1.61. The van der Waals surface area contributed by atoms with Gasteiger partial charge in [0.05, 0.1) is 22.2 Å². The lowest BCUT2D eigenvalue weighted by atomic mass is 10.2. The van der Waals surface area contributed by atoms with Crippen molar-refractivity contribution in [1.82, 2.24) is 14.6 Å². The van der Waals surface area contributed by atoms with Gasteiger partial charge in [0.2, 0.25) is 0 Å². The van der Waals surface area contributed by atoms with Gasteiger partial charge in [-0.15, -0.1) is 16.4 Å². The first kappa shape index (κ1) is 9.70. The fraction of sp³-hybridized carbons (Fsp3) is 0.375. The van der Waals surface area contributed by atoms with Crippen LogP contribution in [-0.2, 0) is 6.42 Å².